The van der Waals surface area contributed by atoms with Crippen molar-refractivity contribution in [2.75, 3.05) is 5.32 Å². The van der Waals surface area contributed by atoms with E-state index in [1.807, 2.05) is 11.5 Å². The molecule has 0 saturated carbocycles. The van der Waals surface area contributed by atoms with E-state index in [0.29, 0.717) is 18.0 Å². The highest BCUT2D eigenvalue weighted by Gasteiger charge is 2.10. The molecule has 0 aliphatic carbocycles. The molecule has 1 amide bonds. The van der Waals surface area contributed by atoms with Crippen molar-refractivity contribution in [3.05, 3.63) is 24.0 Å². The van der Waals surface area contributed by atoms with Crippen LogP contribution in [0.25, 0.3) is 11.0 Å². The summed E-state index contributed by atoms with van der Waals surface area (Å²) in [6.07, 6.45) is 0. The van der Waals surface area contributed by atoms with Gasteiger partial charge in [0, 0.05) is 19.5 Å². The summed E-state index contributed by atoms with van der Waals surface area (Å²) in [7, 11) is 0. The van der Waals surface area contributed by atoms with Crippen LogP contribution in [0, 0.1) is 5.82 Å². The number of amides is 1. The zero-order chi connectivity index (χ0) is 11.7. The van der Waals surface area contributed by atoms with Crippen LogP contribution >= 0.6 is 0 Å². The number of benzene rings is 1. The van der Waals surface area contributed by atoms with E-state index in [0.717, 1.165) is 5.52 Å². The minimum absolute atomic E-state index is 0.189. The Bertz CT molecular complexity index is 547. The molecule has 0 saturated heterocycles. The van der Waals surface area contributed by atoms with E-state index in [9.17, 15) is 9.18 Å². The predicted octanol–water partition coefficient (Wildman–Crippen LogP) is 2.15. The molecule has 1 aromatic heterocycles. The fraction of sp³-hybridized carbons (Fsp3) is 0.273. The number of nitrogens with one attached hydrogen (secondary N) is 1. The van der Waals surface area contributed by atoms with Crippen molar-refractivity contribution in [1.82, 2.24) is 9.55 Å². The zero-order valence-electron chi connectivity index (χ0n) is 9.12. The first-order valence-corrected chi connectivity index (χ1v) is 5.05. The van der Waals surface area contributed by atoms with Crippen molar-refractivity contribution in [1.29, 1.82) is 0 Å². The number of rotatable bonds is 2. The molecule has 84 valence electrons. The number of hydrogen-bond donors (Lipinski definition) is 1. The molecule has 16 heavy (non-hydrogen) atoms. The van der Waals surface area contributed by atoms with Crippen molar-refractivity contribution in [3.8, 4) is 0 Å². The van der Waals surface area contributed by atoms with Crippen molar-refractivity contribution >= 4 is 22.9 Å². The third-order valence-electron chi connectivity index (χ3n) is 2.31. The third-order valence-corrected chi connectivity index (χ3v) is 2.31. The largest absolute Gasteiger partial charge is 0.310 e. The van der Waals surface area contributed by atoms with Gasteiger partial charge in [-0.2, -0.15) is 0 Å². The third kappa shape index (κ3) is 1.76. The topological polar surface area (TPSA) is 46.9 Å². The number of halogens is 1. The molecular formula is C11H12FN3O. The summed E-state index contributed by atoms with van der Waals surface area (Å²) in [6.45, 7) is 4.02. The standard InChI is InChI=1S/C11H12FN3O/c1-3-15-10-5-4-8(12)6-9(10)14-11(15)13-7(2)16/h4-6H,3H2,1-2H3,(H,13,14,16). The first-order valence-electron chi connectivity index (χ1n) is 5.05. The number of aromatic nitrogens is 2. The molecule has 1 N–H and O–H groups in total. The van der Waals surface area contributed by atoms with Crippen LogP contribution in [0.1, 0.15) is 13.8 Å². The lowest BCUT2D eigenvalue weighted by molar-refractivity contribution is -0.114. The molecule has 0 fully saturated rings. The van der Waals surface area contributed by atoms with Gasteiger partial charge in [-0.1, -0.05) is 0 Å². The molecule has 2 rings (SSSR count). The van der Waals surface area contributed by atoms with Gasteiger partial charge in [0.05, 0.1) is 11.0 Å². The molecule has 0 aliphatic rings. The van der Waals surface area contributed by atoms with E-state index in [1.165, 1.54) is 19.1 Å². The Labute approximate surface area is 92.1 Å². The molecule has 5 heteroatoms. The SMILES string of the molecule is CCn1c(NC(C)=O)nc2cc(F)ccc21. The summed E-state index contributed by atoms with van der Waals surface area (Å²) in [4.78, 5) is 15.2. The quantitative estimate of drug-likeness (QED) is 0.844. The molecule has 0 radical (unpaired) electrons. The van der Waals surface area contributed by atoms with Gasteiger partial charge in [0.2, 0.25) is 11.9 Å². The molecule has 0 unspecified atom stereocenters. The monoisotopic (exact) mass is 221 g/mol. The lowest BCUT2D eigenvalue weighted by Crippen LogP contribution is -2.11. The van der Waals surface area contributed by atoms with E-state index >= 15 is 0 Å². The maximum absolute atomic E-state index is 13.0. The van der Waals surface area contributed by atoms with Crippen LogP contribution in [-0.2, 0) is 11.3 Å². The smallest absolute Gasteiger partial charge is 0.223 e. The molecule has 0 atom stereocenters. The lowest BCUT2D eigenvalue weighted by atomic mass is 10.3. The van der Waals surface area contributed by atoms with Crippen molar-refractivity contribution in [2.24, 2.45) is 0 Å². The average Bonchev–Trinajstić information content (AvgIpc) is 2.52. The molecule has 4 nitrogen and oxygen atoms in total. The summed E-state index contributed by atoms with van der Waals surface area (Å²) in [5.41, 5.74) is 1.36. The molecule has 1 heterocycles. The minimum atomic E-state index is -0.331. The van der Waals surface area contributed by atoms with E-state index in [2.05, 4.69) is 10.3 Å². The Kier molecular flexibility index (Phi) is 2.60. The number of carbonyl (C=O) groups is 1. The second kappa shape index (κ2) is 3.92. The predicted molar refractivity (Wildman–Crippen MR) is 59.7 cm³/mol. The van der Waals surface area contributed by atoms with Gasteiger partial charge in [0.25, 0.3) is 0 Å². The first kappa shape index (κ1) is 10.6. The summed E-state index contributed by atoms with van der Waals surface area (Å²) in [5, 5.41) is 2.62. The van der Waals surface area contributed by atoms with Crippen molar-refractivity contribution < 1.29 is 9.18 Å². The highest BCUT2D eigenvalue weighted by molar-refractivity contribution is 5.89. The van der Waals surface area contributed by atoms with Gasteiger partial charge < -0.3 is 4.57 Å². The van der Waals surface area contributed by atoms with Gasteiger partial charge in [0.1, 0.15) is 5.82 Å². The fourth-order valence-corrected chi connectivity index (χ4v) is 1.68. The molecule has 1 aromatic carbocycles. The van der Waals surface area contributed by atoms with Gasteiger partial charge in [-0.3, -0.25) is 10.1 Å². The summed E-state index contributed by atoms with van der Waals surface area (Å²) in [5.74, 6) is -0.0660. The summed E-state index contributed by atoms with van der Waals surface area (Å²) < 4.78 is 14.8. The number of aryl methyl sites for hydroxylation is 1. The maximum Gasteiger partial charge on any atom is 0.223 e. The molecule has 2 aromatic rings. The molecule has 0 spiro atoms. The van der Waals surface area contributed by atoms with Crippen LogP contribution in [0.3, 0.4) is 0 Å². The average molecular weight is 221 g/mol. The van der Waals surface area contributed by atoms with Gasteiger partial charge in [-0.05, 0) is 19.1 Å². The number of hydrogen-bond acceptors (Lipinski definition) is 2. The summed E-state index contributed by atoms with van der Waals surface area (Å²) >= 11 is 0. The second-order valence-electron chi connectivity index (χ2n) is 3.49. The molecular weight excluding hydrogens is 209 g/mol. The Hall–Kier alpha value is -1.91. The van der Waals surface area contributed by atoms with Crippen LogP contribution in [0.15, 0.2) is 18.2 Å². The number of imidazole rings is 1. The highest BCUT2D eigenvalue weighted by atomic mass is 19.1. The van der Waals surface area contributed by atoms with Crippen LogP contribution in [-0.4, -0.2) is 15.5 Å². The van der Waals surface area contributed by atoms with Crippen molar-refractivity contribution in [3.63, 3.8) is 0 Å². The van der Waals surface area contributed by atoms with E-state index in [-0.39, 0.29) is 11.7 Å². The Morgan fingerprint density at radius 1 is 1.56 bits per heavy atom. The number of carbonyl (C=O) groups excluding carboxylic acids is 1. The van der Waals surface area contributed by atoms with E-state index in [1.54, 1.807) is 6.07 Å². The van der Waals surface area contributed by atoms with Gasteiger partial charge in [-0.25, -0.2) is 9.37 Å². The van der Waals surface area contributed by atoms with Crippen LogP contribution in [0.2, 0.25) is 0 Å². The van der Waals surface area contributed by atoms with Crippen molar-refractivity contribution in [2.45, 2.75) is 20.4 Å². The molecule has 0 aliphatic heterocycles. The van der Waals surface area contributed by atoms with Gasteiger partial charge in [-0.15, -0.1) is 0 Å². The van der Waals surface area contributed by atoms with Gasteiger partial charge >= 0.3 is 0 Å². The summed E-state index contributed by atoms with van der Waals surface area (Å²) in [6, 6.07) is 4.40. The molecule has 0 bridgehead atoms. The van der Waals surface area contributed by atoms with E-state index < -0.39 is 0 Å². The van der Waals surface area contributed by atoms with Crippen LogP contribution < -0.4 is 5.32 Å². The Morgan fingerprint density at radius 2 is 2.31 bits per heavy atom. The normalized spacial score (nSPS) is 10.7. The number of fused-ring (bicyclic) bond motifs is 1. The van der Waals surface area contributed by atoms with E-state index in [4.69, 9.17) is 0 Å². The Balaban J connectivity index is 2.61. The Morgan fingerprint density at radius 3 is 2.94 bits per heavy atom. The minimum Gasteiger partial charge on any atom is -0.310 e. The lowest BCUT2D eigenvalue weighted by Gasteiger charge is -2.05. The van der Waals surface area contributed by atoms with Crippen LogP contribution in [0.5, 0.6) is 0 Å². The number of nitrogens with zero attached hydrogens (tertiary/aromatic N) is 2. The maximum atomic E-state index is 13.0. The first-order chi connectivity index (χ1) is 7.61. The number of anilines is 1. The second-order valence-corrected chi connectivity index (χ2v) is 3.49. The zero-order valence-corrected chi connectivity index (χ0v) is 9.12. The highest BCUT2D eigenvalue weighted by Crippen LogP contribution is 2.20. The fourth-order valence-electron chi connectivity index (χ4n) is 1.68. The van der Waals surface area contributed by atoms with Crippen LogP contribution in [0.4, 0.5) is 10.3 Å². The van der Waals surface area contributed by atoms with Gasteiger partial charge in [0.15, 0.2) is 0 Å².